The second-order valence-corrected chi connectivity index (χ2v) is 9.28. The topological polar surface area (TPSA) is 88.4 Å². The minimum atomic E-state index is -4.12. The largest absolute Gasteiger partial charge is 0.497 e. The van der Waals surface area contributed by atoms with Crippen molar-refractivity contribution in [1.29, 1.82) is 0 Å². The summed E-state index contributed by atoms with van der Waals surface area (Å²) in [6.07, 6.45) is 1.49. The van der Waals surface area contributed by atoms with Gasteiger partial charge in [0.2, 0.25) is 5.78 Å². The molecule has 4 aromatic rings. The van der Waals surface area contributed by atoms with Crippen molar-refractivity contribution in [2.45, 2.75) is 5.78 Å². The Labute approximate surface area is 203 Å². The average molecular weight is 495 g/mol. The molecule has 1 N–H and O–H groups in total. The molecule has 0 aliphatic heterocycles. The van der Waals surface area contributed by atoms with Crippen LogP contribution >= 0.6 is 7.60 Å². The van der Waals surface area contributed by atoms with Gasteiger partial charge in [-0.15, -0.1) is 0 Å². The molecular weight excluding hydrogens is 469 g/mol. The van der Waals surface area contributed by atoms with Gasteiger partial charge in [0.25, 0.3) is 0 Å². The fraction of sp³-hybridized carbons (Fsp3) is 0.154. The highest BCUT2D eigenvalue weighted by atomic mass is 31.2. The summed E-state index contributed by atoms with van der Waals surface area (Å²) in [5.74, 6) is 1.32. The highest BCUT2D eigenvalue weighted by Gasteiger charge is 2.44. The lowest BCUT2D eigenvalue weighted by Gasteiger charge is -2.28. The summed E-state index contributed by atoms with van der Waals surface area (Å²) in [5.41, 5.74) is 0.652. The number of ether oxygens (including phenoxy) is 3. The van der Waals surface area contributed by atoms with Crippen molar-refractivity contribution >= 4 is 13.3 Å². The zero-order valence-corrected chi connectivity index (χ0v) is 20.4. The first-order valence-corrected chi connectivity index (χ1v) is 12.4. The number of anilines is 1. The highest BCUT2D eigenvalue weighted by molar-refractivity contribution is 7.55. The van der Waals surface area contributed by atoms with Crippen LogP contribution in [0.1, 0.15) is 11.5 Å². The molecule has 0 radical (unpaired) electrons. The van der Waals surface area contributed by atoms with E-state index >= 15 is 0 Å². The Bertz CT molecular complexity index is 1220. The van der Waals surface area contributed by atoms with Crippen molar-refractivity contribution in [3.8, 4) is 28.7 Å². The minimum Gasteiger partial charge on any atom is -0.497 e. The first kappa shape index (κ1) is 24.1. The zero-order chi connectivity index (χ0) is 24.7. The Balaban J connectivity index is 1.81. The lowest BCUT2D eigenvalue weighted by Crippen LogP contribution is -2.18. The molecule has 0 unspecified atom stereocenters. The summed E-state index contributed by atoms with van der Waals surface area (Å²) in [7, 11) is 0.481. The number of hydrogen-bond donors (Lipinski definition) is 1. The van der Waals surface area contributed by atoms with E-state index < -0.39 is 13.4 Å². The van der Waals surface area contributed by atoms with Crippen molar-refractivity contribution in [2.75, 3.05) is 26.6 Å². The average Bonchev–Trinajstić information content (AvgIpc) is 3.42. The lowest BCUT2D eigenvalue weighted by atomic mass is 10.3. The van der Waals surface area contributed by atoms with E-state index in [1.54, 1.807) is 92.0 Å². The summed E-state index contributed by atoms with van der Waals surface area (Å²) in [6.45, 7) is 0. The van der Waals surface area contributed by atoms with Crippen LogP contribution in [0.4, 0.5) is 5.69 Å². The lowest BCUT2D eigenvalue weighted by molar-refractivity contribution is 0.336. The molecule has 182 valence electrons. The Hall–Kier alpha value is -4.03. The van der Waals surface area contributed by atoms with E-state index in [2.05, 4.69) is 5.32 Å². The van der Waals surface area contributed by atoms with E-state index in [-0.39, 0.29) is 11.5 Å². The molecule has 35 heavy (non-hydrogen) atoms. The van der Waals surface area contributed by atoms with Gasteiger partial charge >= 0.3 is 7.60 Å². The van der Waals surface area contributed by atoms with Gasteiger partial charge in [-0.25, -0.2) is 4.57 Å². The zero-order valence-electron chi connectivity index (χ0n) is 19.5. The molecule has 9 heteroatoms. The van der Waals surface area contributed by atoms with Gasteiger partial charge in [-0.1, -0.05) is 24.3 Å². The van der Waals surface area contributed by atoms with Gasteiger partial charge in [-0.2, -0.15) is 0 Å². The molecular formula is C26H26NO7P. The number of methoxy groups -OCH3 is 3. The quantitative estimate of drug-likeness (QED) is 0.228. The fourth-order valence-electron chi connectivity index (χ4n) is 3.38. The predicted octanol–water partition coefficient (Wildman–Crippen LogP) is 6.77. The molecule has 3 aromatic carbocycles. The smallest absolute Gasteiger partial charge is 0.461 e. The third kappa shape index (κ3) is 5.55. The van der Waals surface area contributed by atoms with Crippen molar-refractivity contribution in [1.82, 2.24) is 0 Å². The Morgan fingerprint density at radius 2 is 1.23 bits per heavy atom. The van der Waals surface area contributed by atoms with E-state index in [1.165, 1.54) is 20.5 Å². The van der Waals surface area contributed by atoms with Crippen LogP contribution in [-0.2, 0) is 4.57 Å². The number of rotatable bonds is 11. The van der Waals surface area contributed by atoms with Crippen LogP contribution in [0.3, 0.4) is 0 Å². The van der Waals surface area contributed by atoms with Crippen LogP contribution in [0.25, 0.3) is 0 Å². The third-order valence-electron chi connectivity index (χ3n) is 5.11. The van der Waals surface area contributed by atoms with E-state index in [0.717, 1.165) is 0 Å². The van der Waals surface area contributed by atoms with Crippen LogP contribution in [-0.4, -0.2) is 21.3 Å². The van der Waals surface area contributed by atoms with Gasteiger partial charge in [0, 0.05) is 5.69 Å². The van der Waals surface area contributed by atoms with Gasteiger partial charge in [0.05, 0.1) is 27.6 Å². The fourth-order valence-corrected chi connectivity index (χ4v) is 5.25. The Morgan fingerprint density at radius 1 is 0.686 bits per heavy atom. The Morgan fingerprint density at radius 3 is 1.69 bits per heavy atom. The second-order valence-electron chi connectivity index (χ2n) is 7.31. The molecule has 0 aliphatic rings. The molecule has 0 fully saturated rings. The van der Waals surface area contributed by atoms with Crippen LogP contribution < -0.4 is 28.6 Å². The minimum absolute atomic E-state index is 0.251. The van der Waals surface area contributed by atoms with Crippen molar-refractivity contribution in [3.05, 3.63) is 97.0 Å². The molecule has 0 saturated heterocycles. The summed E-state index contributed by atoms with van der Waals surface area (Å²) >= 11 is 0. The maximum absolute atomic E-state index is 14.7. The standard InChI is InChI=1S/C26H26NO7P/c1-29-20-16-14-19(15-17-20)27-26(25-13-8-18-32-25)35(28,33-23-11-6-4-9-21(23)30-2)34-24-12-7-5-10-22(24)31-3/h4-18,26-27H,1-3H3/t26-/m0/s1. The van der Waals surface area contributed by atoms with Crippen LogP contribution in [0.2, 0.25) is 0 Å². The Kier molecular flexibility index (Phi) is 7.53. The van der Waals surface area contributed by atoms with Crippen LogP contribution in [0, 0.1) is 0 Å². The van der Waals surface area contributed by atoms with Crippen molar-refractivity contribution < 1.29 is 32.2 Å². The first-order chi connectivity index (χ1) is 17.1. The maximum atomic E-state index is 14.7. The molecule has 1 heterocycles. The first-order valence-electron chi connectivity index (χ1n) is 10.7. The molecule has 8 nitrogen and oxygen atoms in total. The molecule has 1 aromatic heterocycles. The molecule has 0 saturated carbocycles. The van der Waals surface area contributed by atoms with Gasteiger partial charge in [0.15, 0.2) is 23.0 Å². The normalized spacial score (nSPS) is 11.9. The van der Waals surface area contributed by atoms with Gasteiger partial charge in [-0.3, -0.25) is 0 Å². The monoisotopic (exact) mass is 495 g/mol. The number of benzene rings is 3. The van der Waals surface area contributed by atoms with Gasteiger partial charge < -0.3 is 33.0 Å². The SMILES string of the molecule is COc1ccc(N[C@H](c2ccco2)P(=O)(Oc2ccccc2OC)Oc2ccccc2OC)cc1. The van der Waals surface area contributed by atoms with Crippen molar-refractivity contribution in [3.63, 3.8) is 0 Å². The number of hydrogen-bond acceptors (Lipinski definition) is 8. The third-order valence-corrected chi connectivity index (χ3v) is 7.03. The van der Waals surface area contributed by atoms with Gasteiger partial charge in [-0.05, 0) is 60.7 Å². The van der Waals surface area contributed by atoms with Crippen LogP contribution in [0.15, 0.2) is 95.6 Å². The number of para-hydroxylation sites is 4. The maximum Gasteiger partial charge on any atom is 0.461 e. The molecule has 4 rings (SSSR count). The van der Waals surface area contributed by atoms with Crippen LogP contribution in [0.5, 0.6) is 28.7 Å². The van der Waals surface area contributed by atoms with E-state index in [9.17, 15) is 4.57 Å². The summed E-state index contributed by atoms with van der Waals surface area (Å²) in [4.78, 5) is 0. The van der Waals surface area contributed by atoms with E-state index in [0.29, 0.717) is 28.7 Å². The number of nitrogens with one attached hydrogen (secondary N) is 1. The summed E-state index contributed by atoms with van der Waals surface area (Å²) in [6, 6.07) is 24.4. The highest BCUT2D eigenvalue weighted by Crippen LogP contribution is 2.62. The summed E-state index contributed by atoms with van der Waals surface area (Å²) < 4.78 is 48.7. The molecule has 0 bridgehead atoms. The molecule has 0 aliphatic carbocycles. The van der Waals surface area contributed by atoms with Gasteiger partial charge in [0.1, 0.15) is 11.5 Å². The predicted molar refractivity (Wildman–Crippen MR) is 133 cm³/mol. The van der Waals surface area contributed by atoms with Crippen molar-refractivity contribution in [2.24, 2.45) is 0 Å². The molecule has 1 atom stereocenters. The second kappa shape index (κ2) is 10.9. The molecule has 0 spiro atoms. The van der Waals surface area contributed by atoms with E-state index in [4.69, 9.17) is 27.7 Å². The summed E-state index contributed by atoms with van der Waals surface area (Å²) in [5, 5.41) is 3.24. The molecule has 0 amide bonds. The number of furan rings is 1. The van der Waals surface area contributed by atoms with E-state index in [1.807, 2.05) is 0 Å².